The molecule has 0 aromatic carbocycles. The standard InChI is InChI=1S/C8H8N4O/c1-12-4-11-5-2-6(8(9)13)10-3-7(5)12/h2-4H,1H3,(H2,9,13). The zero-order valence-electron chi connectivity index (χ0n) is 7.06. The lowest BCUT2D eigenvalue weighted by molar-refractivity contribution is 0.0996. The summed E-state index contributed by atoms with van der Waals surface area (Å²) < 4.78 is 1.83. The quantitative estimate of drug-likeness (QED) is 0.668. The first kappa shape index (κ1) is 7.72. The zero-order chi connectivity index (χ0) is 9.42. The van der Waals surface area contributed by atoms with Gasteiger partial charge in [0.05, 0.1) is 23.6 Å². The van der Waals surface area contributed by atoms with E-state index in [1.54, 1.807) is 18.6 Å². The van der Waals surface area contributed by atoms with Gasteiger partial charge in [-0.3, -0.25) is 4.79 Å². The predicted molar refractivity (Wildman–Crippen MR) is 47.0 cm³/mol. The second-order valence-corrected chi connectivity index (χ2v) is 2.78. The van der Waals surface area contributed by atoms with Crippen molar-refractivity contribution in [1.29, 1.82) is 0 Å². The number of nitrogens with zero attached hydrogens (tertiary/aromatic N) is 3. The van der Waals surface area contributed by atoms with Crippen molar-refractivity contribution in [3.8, 4) is 0 Å². The molecule has 5 nitrogen and oxygen atoms in total. The van der Waals surface area contributed by atoms with E-state index in [1.165, 1.54) is 0 Å². The first-order chi connectivity index (χ1) is 6.18. The van der Waals surface area contributed by atoms with E-state index in [4.69, 9.17) is 5.73 Å². The number of primary amides is 1. The molecule has 0 spiro atoms. The lowest BCUT2D eigenvalue weighted by atomic mass is 10.3. The number of aromatic nitrogens is 3. The number of imidazole rings is 1. The van der Waals surface area contributed by atoms with Crippen LogP contribution >= 0.6 is 0 Å². The van der Waals surface area contributed by atoms with Crippen LogP contribution in [0.15, 0.2) is 18.6 Å². The van der Waals surface area contributed by atoms with E-state index in [1.807, 2.05) is 11.6 Å². The Bertz CT molecular complexity index is 474. The molecule has 2 aromatic rings. The van der Waals surface area contributed by atoms with Crippen LogP contribution in [0.1, 0.15) is 10.5 Å². The van der Waals surface area contributed by atoms with Crippen LogP contribution in [0.2, 0.25) is 0 Å². The third kappa shape index (κ3) is 1.14. The molecule has 2 aromatic heterocycles. The molecule has 0 fully saturated rings. The minimum atomic E-state index is -0.535. The van der Waals surface area contributed by atoms with Gasteiger partial charge in [0.25, 0.3) is 5.91 Å². The molecule has 0 unspecified atom stereocenters. The average molecular weight is 176 g/mol. The van der Waals surface area contributed by atoms with Crippen LogP contribution in [0.5, 0.6) is 0 Å². The Morgan fingerprint density at radius 3 is 3.00 bits per heavy atom. The van der Waals surface area contributed by atoms with Crippen LogP contribution in [-0.4, -0.2) is 20.4 Å². The van der Waals surface area contributed by atoms with E-state index in [-0.39, 0.29) is 5.69 Å². The molecule has 1 amide bonds. The zero-order valence-corrected chi connectivity index (χ0v) is 7.06. The maximum Gasteiger partial charge on any atom is 0.267 e. The second-order valence-electron chi connectivity index (χ2n) is 2.78. The SMILES string of the molecule is Cn1cnc2cc(C(N)=O)ncc21. The van der Waals surface area contributed by atoms with E-state index in [9.17, 15) is 4.79 Å². The highest BCUT2D eigenvalue weighted by Crippen LogP contribution is 2.10. The molecule has 0 saturated heterocycles. The van der Waals surface area contributed by atoms with Crippen LogP contribution in [0.3, 0.4) is 0 Å². The summed E-state index contributed by atoms with van der Waals surface area (Å²) in [6.07, 6.45) is 3.25. The molecule has 0 aliphatic carbocycles. The minimum absolute atomic E-state index is 0.242. The maximum atomic E-state index is 10.8. The predicted octanol–water partition coefficient (Wildman–Crippen LogP) is 0.0672. The molecular weight excluding hydrogens is 168 g/mol. The van der Waals surface area contributed by atoms with Crippen molar-refractivity contribution >= 4 is 16.9 Å². The monoisotopic (exact) mass is 176 g/mol. The highest BCUT2D eigenvalue weighted by atomic mass is 16.1. The summed E-state index contributed by atoms with van der Waals surface area (Å²) in [5.74, 6) is -0.535. The topological polar surface area (TPSA) is 73.8 Å². The number of carbonyl (C=O) groups is 1. The van der Waals surface area contributed by atoms with Crippen LogP contribution in [0.25, 0.3) is 11.0 Å². The van der Waals surface area contributed by atoms with Crippen LogP contribution in [0.4, 0.5) is 0 Å². The molecule has 0 atom stereocenters. The highest BCUT2D eigenvalue weighted by Gasteiger charge is 2.05. The van der Waals surface area contributed by atoms with Crippen molar-refractivity contribution in [2.75, 3.05) is 0 Å². The summed E-state index contributed by atoms with van der Waals surface area (Å²) >= 11 is 0. The van der Waals surface area contributed by atoms with Gasteiger partial charge in [-0.2, -0.15) is 0 Å². The van der Waals surface area contributed by atoms with Gasteiger partial charge in [0.2, 0.25) is 0 Å². The van der Waals surface area contributed by atoms with Crippen molar-refractivity contribution in [2.45, 2.75) is 0 Å². The molecule has 66 valence electrons. The Labute approximate surface area is 74.2 Å². The first-order valence-electron chi connectivity index (χ1n) is 3.75. The summed E-state index contributed by atoms with van der Waals surface area (Å²) in [6, 6.07) is 1.58. The fraction of sp³-hybridized carbons (Fsp3) is 0.125. The summed E-state index contributed by atoms with van der Waals surface area (Å²) in [6.45, 7) is 0. The largest absolute Gasteiger partial charge is 0.364 e. The number of pyridine rings is 1. The van der Waals surface area contributed by atoms with Gasteiger partial charge < -0.3 is 10.3 Å². The van der Waals surface area contributed by atoms with Crippen molar-refractivity contribution in [1.82, 2.24) is 14.5 Å². The van der Waals surface area contributed by atoms with E-state index < -0.39 is 5.91 Å². The number of nitrogens with two attached hydrogens (primary N) is 1. The van der Waals surface area contributed by atoms with E-state index >= 15 is 0 Å². The number of hydrogen-bond donors (Lipinski definition) is 1. The van der Waals surface area contributed by atoms with E-state index in [0.717, 1.165) is 11.0 Å². The lowest BCUT2D eigenvalue weighted by Crippen LogP contribution is -2.12. The molecule has 13 heavy (non-hydrogen) atoms. The molecule has 5 heteroatoms. The number of hydrogen-bond acceptors (Lipinski definition) is 3. The van der Waals surface area contributed by atoms with Gasteiger partial charge >= 0.3 is 0 Å². The fourth-order valence-electron chi connectivity index (χ4n) is 1.16. The van der Waals surface area contributed by atoms with Crippen molar-refractivity contribution < 1.29 is 4.79 Å². The highest BCUT2D eigenvalue weighted by molar-refractivity contribution is 5.93. The van der Waals surface area contributed by atoms with Gasteiger partial charge in [0, 0.05) is 7.05 Å². The van der Waals surface area contributed by atoms with E-state index in [0.29, 0.717) is 0 Å². The Kier molecular flexibility index (Phi) is 1.51. The van der Waals surface area contributed by atoms with Gasteiger partial charge in [-0.05, 0) is 6.07 Å². The van der Waals surface area contributed by atoms with Gasteiger partial charge in [0.15, 0.2) is 0 Å². The van der Waals surface area contributed by atoms with Crippen LogP contribution in [0, 0.1) is 0 Å². The molecule has 0 radical (unpaired) electrons. The van der Waals surface area contributed by atoms with Crippen LogP contribution in [-0.2, 0) is 7.05 Å². The number of carbonyl (C=O) groups excluding carboxylic acids is 1. The number of aryl methyl sites for hydroxylation is 1. The minimum Gasteiger partial charge on any atom is -0.364 e. The Balaban J connectivity index is 2.70. The van der Waals surface area contributed by atoms with Gasteiger partial charge in [0.1, 0.15) is 5.69 Å². The lowest BCUT2D eigenvalue weighted by Gasteiger charge is -1.95. The van der Waals surface area contributed by atoms with Crippen LogP contribution < -0.4 is 5.73 Å². The second kappa shape index (κ2) is 2.55. The normalized spacial score (nSPS) is 10.5. The molecule has 0 aliphatic heterocycles. The average Bonchev–Trinajstić information content (AvgIpc) is 2.47. The maximum absolute atomic E-state index is 10.8. The molecule has 2 N–H and O–H groups in total. The van der Waals surface area contributed by atoms with Gasteiger partial charge in [-0.1, -0.05) is 0 Å². The molecule has 0 bridgehead atoms. The summed E-state index contributed by atoms with van der Waals surface area (Å²) in [5.41, 5.74) is 6.93. The summed E-state index contributed by atoms with van der Waals surface area (Å²) in [4.78, 5) is 18.8. The summed E-state index contributed by atoms with van der Waals surface area (Å²) in [5, 5.41) is 0. The molecule has 0 saturated carbocycles. The number of amides is 1. The van der Waals surface area contributed by atoms with E-state index in [2.05, 4.69) is 9.97 Å². The Morgan fingerprint density at radius 2 is 2.31 bits per heavy atom. The number of fused-ring (bicyclic) bond motifs is 1. The van der Waals surface area contributed by atoms with Gasteiger partial charge in [-0.25, -0.2) is 9.97 Å². The summed E-state index contributed by atoms with van der Waals surface area (Å²) in [7, 11) is 1.86. The molecular formula is C8H8N4O. The van der Waals surface area contributed by atoms with Crippen molar-refractivity contribution in [3.63, 3.8) is 0 Å². The first-order valence-corrected chi connectivity index (χ1v) is 3.75. The Morgan fingerprint density at radius 1 is 1.54 bits per heavy atom. The molecule has 2 rings (SSSR count). The molecule has 0 aliphatic rings. The Hall–Kier alpha value is -1.91. The van der Waals surface area contributed by atoms with Crippen molar-refractivity contribution in [2.24, 2.45) is 12.8 Å². The smallest absolute Gasteiger partial charge is 0.267 e. The molecule has 2 heterocycles. The van der Waals surface area contributed by atoms with Gasteiger partial charge in [-0.15, -0.1) is 0 Å². The fourth-order valence-corrected chi connectivity index (χ4v) is 1.16. The third-order valence-corrected chi connectivity index (χ3v) is 1.86. The third-order valence-electron chi connectivity index (χ3n) is 1.86. The van der Waals surface area contributed by atoms with Crippen molar-refractivity contribution in [3.05, 3.63) is 24.3 Å². The number of rotatable bonds is 1.